The molecule has 0 radical (unpaired) electrons. The van der Waals surface area contributed by atoms with E-state index < -0.39 is 0 Å². The lowest BCUT2D eigenvalue weighted by Gasteiger charge is -2.03. The van der Waals surface area contributed by atoms with E-state index in [1.165, 1.54) is 0 Å². The summed E-state index contributed by atoms with van der Waals surface area (Å²) in [6.45, 7) is 1.95. The number of nitriles is 1. The number of aromatic amines is 1. The number of aromatic nitrogens is 2. The largest absolute Gasteiger partial charge is 0.397 e. The molecule has 92 valence electrons. The van der Waals surface area contributed by atoms with E-state index in [1.807, 2.05) is 31.3 Å². The standard InChI is InChI=1S/C15H12N4/c1-9-5-14(18-8-13(9)17)12-7-19-15-10(6-16)3-2-4-11(12)15/h2-5,7-8,19H,17H2,1H3. The minimum atomic E-state index is 0.635. The van der Waals surface area contributed by atoms with Gasteiger partial charge in [0, 0.05) is 17.1 Å². The fourth-order valence-corrected chi connectivity index (χ4v) is 2.17. The Bertz CT molecular complexity index is 809. The van der Waals surface area contributed by atoms with E-state index in [1.54, 1.807) is 12.3 Å². The number of anilines is 1. The van der Waals surface area contributed by atoms with Gasteiger partial charge in [0.15, 0.2) is 0 Å². The second kappa shape index (κ2) is 4.14. The number of benzene rings is 1. The van der Waals surface area contributed by atoms with Crippen LogP contribution in [0.2, 0.25) is 0 Å². The molecule has 4 nitrogen and oxygen atoms in total. The van der Waals surface area contributed by atoms with Gasteiger partial charge in [-0.1, -0.05) is 12.1 Å². The zero-order valence-electron chi connectivity index (χ0n) is 10.4. The molecule has 1 aromatic carbocycles. The maximum atomic E-state index is 9.09. The van der Waals surface area contributed by atoms with Gasteiger partial charge >= 0.3 is 0 Å². The van der Waals surface area contributed by atoms with Crippen LogP contribution in [0.3, 0.4) is 0 Å². The molecule has 0 saturated heterocycles. The van der Waals surface area contributed by atoms with E-state index in [9.17, 15) is 0 Å². The highest BCUT2D eigenvalue weighted by Crippen LogP contribution is 2.29. The molecular formula is C15H12N4. The zero-order chi connectivity index (χ0) is 13.4. The highest BCUT2D eigenvalue weighted by atomic mass is 14.7. The van der Waals surface area contributed by atoms with Gasteiger partial charge in [-0.05, 0) is 24.6 Å². The second-order valence-corrected chi connectivity index (χ2v) is 4.47. The molecular weight excluding hydrogens is 236 g/mol. The number of hydrogen-bond donors (Lipinski definition) is 2. The predicted molar refractivity (Wildman–Crippen MR) is 75.4 cm³/mol. The average molecular weight is 248 g/mol. The van der Waals surface area contributed by atoms with Gasteiger partial charge in [0.25, 0.3) is 0 Å². The van der Waals surface area contributed by atoms with Gasteiger partial charge < -0.3 is 10.7 Å². The molecule has 0 aliphatic heterocycles. The molecule has 0 saturated carbocycles. The maximum absolute atomic E-state index is 9.09. The Morgan fingerprint density at radius 2 is 2.21 bits per heavy atom. The van der Waals surface area contributed by atoms with Crippen LogP contribution in [0.4, 0.5) is 5.69 Å². The van der Waals surface area contributed by atoms with Crippen molar-refractivity contribution in [2.45, 2.75) is 6.92 Å². The Balaban J connectivity index is 2.26. The first kappa shape index (κ1) is 11.3. The summed E-state index contributed by atoms with van der Waals surface area (Å²) >= 11 is 0. The molecule has 0 aliphatic carbocycles. The predicted octanol–water partition coefficient (Wildman–Crippen LogP) is 2.99. The monoisotopic (exact) mass is 248 g/mol. The molecule has 0 bridgehead atoms. The summed E-state index contributed by atoms with van der Waals surface area (Å²) in [7, 11) is 0. The fourth-order valence-electron chi connectivity index (χ4n) is 2.17. The number of fused-ring (bicyclic) bond motifs is 1. The number of nitrogens with two attached hydrogens (primary N) is 1. The van der Waals surface area contributed by atoms with E-state index in [0.717, 1.165) is 27.7 Å². The Labute approximate surface area is 110 Å². The van der Waals surface area contributed by atoms with Crippen LogP contribution in [-0.4, -0.2) is 9.97 Å². The van der Waals surface area contributed by atoms with Crippen molar-refractivity contribution in [2.24, 2.45) is 0 Å². The summed E-state index contributed by atoms with van der Waals surface area (Å²) in [5, 5.41) is 10.1. The van der Waals surface area contributed by atoms with E-state index in [4.69, 9.17) is 11.0 Å². The summed E-state index contributed by atoms with van der Waals surface area (Å²) in [6, 6.07) is 9.79. The third kappa shape index (κ3) is 1.72. The lowest BCUT2D eigenvalue weighted by atomic mass is 10.1. The summed E-state index contributed by atoms with van der Waals surface area (Å²) in [5.41, 5.74) is 10.8. The van der Waals surface area contributed by atoms with Crippen molar-refractivity contribution in [2.75, 3.05) is 5.73 Å². The first-order chi connectivity index (χ1) is 9.20. The molecule has 3 rings (SSSR count). The van der Waals surface area contributed by atoms with Crippen LogP contribution in [0.15, 0.2) is 36.7 Å². The SMILES string of the molecule is Cc1cc(-c2c[nH]c3c(C#N)cccc23)ncc1N. The van der Waals surface area contributed by atoms with Gasteiger partial charge in [-0.2, -0.15) is 5.26 Å². The molecule has 0 unspecified atom stereocenters. The molecule has 0 aliphatic rings. The van der Waals surface area contributed by atoms with Crippen molar-refractivity contribution in [3.8, 4) is 17.3 Å². The Morgan fingerprint density at radius 3 is 2.95 bits per heavy atom. The van der Waals surface area contributed by atoms with Crippen LogP contribution >= 0.6 is 0 Å². The summed E-state index contributed by atoms with van der Waals surface area (Å²) < 4.78 is 0. The van der Waals surface area contributed by atoms with E-state index in [-0.39, 0.29) is 0 Å². The highest BCUT2D eigenvalue weighted by molar-refractivity contribution is 5.97. The van der Waals surface area contributed by atoms with Crippen molar-refractivity contribution in [1.82, 2.24) is 9.97 Å². The van der Waals surface area contributed by atoms with Crippen molar-refractivity contribution in [1.29, 1.82) is 5.26 Å². The van der Waals surface area contributed by atoms with Crippen molar-refractivity contribution < 1.29 is 0 Å². The van der Waals surface area contributed by atoms with Gasteiger partial charge in [0.05, 0.1) is 28.7 Å². The van der Waals surface area contributed by atoms with Gasteiger partial charge in [0.1, 0.15) is 6.07 Å². The molecule has 0 spiro atoms. The third-order valence-electron chi connectivity index (χ3n) is 3.26. The van der Waals surface area contributed by atoms with E-state index in [2.05, 4.69) is 16.0 Å². The second-order valence-electron chi connectivity index (χ2n) is 4.47. The van der Waals surface area contributed by atoms with Crippen LogP contribution in [-0.2, 0) is 0 Å². The molecule has 3 aromatic rings. The van der Waals surface area contributed by atoms with Crippen LogP contribution < -0.4 is 5.73 Å². The maximum Gasteiger partial charge on any atom is 0.101 e. The van der Waals surface area contributed by atoms with Gasteiger partial charge in [-0.3, -0.25) is 4.98 Å². The molecule has 0 atom stereocenters. The minimum Gasteiger partial charge on any atom is -0.397 e. The molecule has 2 heterocycles. The van der Waals surface area contributed by atoms with E-state index >= 15 is 0 Å². The number of nitrogen functional groups attached to an aromatic ring is 1. The normalized spacial score (nSPS) is 10.5. The molecule has 3 N–H and O–H groups in total. The first-order valence-corrected chi connectivity index (χ1v) is 5.93. The van der Waals surface area contributed by atoms with Gasteiger partial charge in [-0.25, -0.2) is 0 Å². The third-order valence-corrected chi connectivity index (χ3v) is 3.26. The molecule has 0 fully saturated rings. The smallest absolute Gasteiger partial charge is 0.101 e. The highest BCUT2D eigenvalue weighted by Gasteiger charge is 2.10. The molecule has 0 amide bonds. The topological polar surface area (TPSA) is 78.5 Å². The van der Waals surface area contributed by atoms with Crippen molar-refractivity contribution in [3.05, 3.63) is 47.8 Å². The number of nitrogens with one attached hydrogen (secondary N) is 1. The number of pyridine rings is 1. The van der Waals surface area contributed by atoms with Crippen molar-refractivity contribution >= 4 is 16.6 Å². The van der Waals surface area contributed by atoms with Gasteiger partial charge in [0.2, 0.25) is 0 Å². The Kier molecular flexibility index (Phi) is 2.46. The Morgan fingerprint density at radius 1 is 1.37 bits per heavy atom. The van der Waals surface area contributed by atoms with Gasteiger partial charge in [-0.15, -0.1) is 0 Å². The summed E-state index contributed by atoms with van der Waals surface area (Å²) in [4.78, 5) is 7.51. The van der Waals surface area contributed by atoms with Crippen LogP contribution in [0.25, 0.3) is 22.2 Å². The van der Waals surface area contributed by atoms with Crippen LogP contribution in [0.5, 0.6) is 0 Å². The number of H-pyrrole nitrogens is 1. The number of aryl methyl sites for hydroxylation is 1. The van der Waals surface area contributed by atoms with Crippen LogP contribution in [0.1, 0.15) is 11.1 Å². The summed E-state index contributed by atoms with van der Waals surface area (Å²) in [5.74, 6) is 0. The number of rotatable bonds is 1. The minimum absolute atomic E-state index is 0.635. The lowest BCUT2D eigenvalue weighted by Crippen LogP contribution is -1.92. The molecule has 2 aromatic heterocycles. The number of hydrogen-bond acceptors (Lipinski definition) is 3. The number of para-hydroxylation sites is 1. The quantitative estimate of drug-likeness (QED) is 0.694. The lowest BCUT2D eigenvalue weighted by molar-refractivity contribution is 1.29. The fraction of sp³-hybridized carbons (Fsp3) is 0.0667. The average Bonchev–Trinajstić information content (AvgIpc) is 2.85. The van der Waals surface area contributed by atoms with Crippen LogP contribution in [0, 0.1) is 18.3 Å². The first-order valence-electron chi connectivity index (χ1n) is 5.93. The zero-order valence-corrected chi connectivity index (χ0v) is 10.4. The van der Waals surface area contributed by atoms with Crippen molar-refractivity contribution in [3.63, 3.8) is 0 Å². The molecule has 19 heavy (non-hydrogen) atoms. The molecule has 4 heteroatoms. The van der Waals surface area contributed by atoms with E-state index in [0.29, 0.717) is 11.3 Å². The number of nitrogens with zero attached hydrogens (tertiary/aromatic N) is 2. The summed E-state index contributed by atoms with van der Waals surface area (Å²) in [6.07, 6.45) is 3.54. The Hall–Kier alpha value is -2.80.